The number of halogens is 5. The molecule has 0 bridgehead atoms. The van der Waals surface area contributed by atoms with Crippen molar-refractivity contribution in [2.45, 2.75) is 37.9 Å². The van der Waals surface area contributed by atoms with Crippen molar-refractivity contribution < 1.29 is 31.8 Å². The summed E-state index contributed by atoms with van der Waals surface area (Å²) in [6.45, 7) is 1.79. The molecule has 34 heavy (non-hydrogen) atoms. The first-order valence-electron chi connectivity index (χ1n) is 11.1. The van der Waals surface area contributed by atoms with E-state index >= 15 is 0 Å². The maximum atomic E-state index is 14.7. The fraction of sp³-hybridized carbons (Fsp3) is 0.478. The first-order valence-corrected chi connectivity index (χ1v) is 11.1. The van der Waals surface area contributed by atoms with Gasteiger partial charge in [-0.2, -0.15) is 18.3 Å². The standard InChI is InChI=1S/C23H23F5N4O2/c1-31-17-9-18(32-5-6-34-11-13(32)7-12-3-2-4-12)29-10-15(17)21(30-31)14-8-16(23(26,27)28)20(25)22(33)19(14)24/h8-10,12-13,33H,2-7,11H2,1H3. The molecule has 5 rings (SSSR count). The van der Waals surface area contributed by atoms with Crippen LogP contribution in [0.25, 0.3) is 22.2 Å². The second-order valence-electron chi connectivity index (χ2n) is 8.93. The Morgan fingerprint density at radius 1 is 1.18 bits per heavy atom. The van der Waals surface area contributed by atoms with Gasteiger partial charge in [0.2, 0.25) is 0 Å². The number of morpholine rings is 1. The molecule has 1 aromatic carbocycles. The van der Waals surface area contributed by atoms with Gasteiger partial charge in [0, 0.05) is 36.8 Å². The van der Waals surface area contributed by atoms with Crippen molar-refractivity contribution in [2.24, 2.45) is 13.0 Å². The lowest BCUT2D eigenvalue weighted by Gasteiger charge is -2.40. The van der Waals surface area contributed by atoms with Crippen LogP contribution in [0.5, 0.6) is 5.75 Å². The number of rotatable bonds is 4. The molecule has 1 saturated heterocycles. The van der Waals surface area contributed by atoms with Gasteiger partial charge >= 0.3 is 6.18 Å². The van der Waals surface area contributed by atoms with Crippen molar-refractivity contribution in [3.63, 3.8) is 0 Å². The van der Waals surface area contributed by atoms with Gasteiger partial charge in [0.15, 0.2) is 17.4 Å². The number of aryl methyl sites for hydroxylation is 1. The molecule has 0 amide bonds. The summed E-state index contributed by atoms with van der Waals surface area (Å²) >= 11 is 0. The van der Waals surface area contributed by atoms with E-state index in [9.17, 15) is 27.1 Å². The highest BCUT2D eigenvalue weighted by atomic mass is 19.4. The Hall–Kier alpha value is -2.95. The van der Waals surface area contributed by atoms with Crippen molar-refractivity contribution in [3.8, 4) is 17.0 Å². The van der Waals surface area contributed by atoms with Crippen molar-refractivity contribution >= 4 is 16.7 Å². The first-order chi connectivity index (χ1) is 16.1. The minimum atomic E-state index is -5.12. The third kappa shape index (κ3) is 3.85. The van der Waals surface area contributed by atoms with E-state index in [-0.39, 0.29) is 17.1 Å². The number of alkyl halides is 3. The molecule has 2 aliphatic rings. The number of aromatic nitrogens is 3. The molecule has 1 aliphatic carbocycles. The summed E-state index contributed by atoms with van der Waals surface area (Å²) in [4.78, 5) is 6.67. The van der Waals surface area contributed by atoms with E-state index in [1.54, 1.807) is 13.1 Å². The Morgan fingerprint density at radius 2 is 1.94 bits per heavy atom. The maximum Gasteiger partial charge on any atom is 0.419 e. The van der Waals surface area contributed by atoms with Crippen LogP contribution in [0.4, 0.5) is 27.8 Å². The molecular formula is C23H23F5N4O2. The van der Waals surface area contributed by atoms with Crippen LogP contribution in [0, 0.1) is 17.6 Å². The molecule has 0 radical (unpaired) electrons. The number of hydrogen-bond acceptors (Lipinski definition) is 5. The summed E-state index contributed by atoms with van der Waals surface area (Å²) in [7, 11) is 1.58. The van der Waals surface area contributed by atoms with E-state index < -0.39 is 34.7 Å². The highest BCUT2D eigenvalue weighted by Crippen LogP contribution is 2.42. The molecular weight excluding hydrogens is 459 g/mol. The van der Waals surface area contributed by atoms with Gasteiger partial charge in [-0.15, -0.1) is 0 Å². The Bertz CT molecular complexity index is 1240. The fourth-order valence-corrected chi connectivity index (χ4v) is 4.76. The van der Waals surface area contributed by atoms with Crippen molar-refractivity contribution in [3.05, 3.63) is 35.5 Å². The smallest absolute Gasteiger partial charge is 0.419 e. The molecule has 2 aromatic heterocycles. The molecule has 11 heteroatoms. The average molecular weight is 482 g/mol. The summed E-state index contributed by atoms with van der Waals surface area (Å²) in [5, 5.41) is 14.2. The monoisotopic (exact) mass is 482 g/mol. The normalized spacial score (nSPS) is 19.6. The van der Waals surface area contributed by atoms with E-state index in [4.69, 9.17) is 4.74 Å². The van der Waals surface area contributed by atoms with Crippen LogP contribution >= 0.6 is 0 Å². The molecule has 3 heterocycles. The quantitative estimate of drug-likeness (QED) is 0.529. The lowest BCUT2D eigenvalue weighted by atomic mass is 9.80. The summed E-state index contributed by atoms with van der Waals surface area (Å²) in [6.07, 6.45) is 0.958. The molecule has 0 spiro atoms. The van der Waals surface area contributed by atoms with Crippen LogP contribution in [0.3, 0.4) is 0 Å². The number of phenols is 1. The lowest BCUT2D eigenvalue weighted by molar-refractivity contribution is -0.140. The molecule has 6 nitrogen and oxygen atoms in total. The SMILES string of the molecule is Cn1nc(-c2cc(C(F)(F)F)c(F)c(O)c2F)c2cnc(N3CCOCC3CC3CCC3)cc21. The molecule has 2 fully saturated rings. The van der Waals surface area contributed by atoms with Crippen LogP contribution in [0.15, 0.2) is 18.3 Å². The molecule has 1 saturated carbocycles. The number of anilines is 1. The number of aromatic hydroxyl groups is 1. The highest BCUT2D eigenvalue weighted by molar-refractivity contribution is 5.94. The highest BCUT2D eigenvalue weighted by Gasteiger charge is 2.38. The van der Waals surface area contributed by atoms with Gasteiger partial charge in [0.05, 0.1) is 30.3 Å². The van der Waals surface area contributed by atoms with Crippen molar-refractivity contribution in [2.75, 3.05) is 24.7 Å². The number of ether oxygens (including phenoxy) is 1. The molecule has 3 aromatic rings. The molecule has 1 atom stereocenters. The lowest BCUT2D eigenvalue weighted by Crippen LogP contribution is -2.47. The number of phenolic OH excluding ortho intramolecular Hbond substituents is 1. The zero-order chi connectivity index (χ0) is 24.2. The predicted molar refractivity (Wildman–Crippen MR) is 114 cm³/mol. The predicted octanol–water partition coefficient (Wildman–Crippen LogP) is 5.03. The van der Waals surface area contributed by atoms with Gasteiger partial charge in [0.25, 0.3) is 0 Å². The largest absolute Gasteiger partial charge is 0.503 e. The number of benzene rings is 1. The molecule has 1 N–H and O–H groups in total. The minimum absolute atomic E-state index is 0.164. The van der Waals surface area contributed by atoms with Crippen LogP contribution in [-0.2, 0) is 18.0 Å². The van der Waals surface area contributed by atoms with Gasteiger partial charge in [-0.1, -0.05) is 19.3 Å². The number of hydrogen-bond donors (Lipinski definition) is 1. The zero-order valence-corrected chi connectivity index (χ0v) is 18.4. The van der Waals surface area contributed by atoms with Crippen LogP contribution < -0.4 is 4.90 Å². The summed E-state index contributed by atoms with van der Waals surface area (Å²) in [6, 6.07) is 2.26. The Labute approximate surface area is 191 Å². The second-order valence-corrected chi connectivity index (χ2v) is 8.93. The third-order valence-corrected chi connectivity index (χ3v) is 6.81. The van der Waals surface area contributed by atoms with Crippen molar-refractivity contribution in [1.82, 2.24) is 14.8 Å². The fourth-order valence-electron chi connectivity index (χ4n) is 4.76. The van der Waals surface area contributed by atoms with E-state index in [0.717, 1.165) is 6.42 Å². The summed E-state index contributed by atoms with van der Waals surface area (Å²) in [5.41, 5.74) is -2.06. The zero-order valence-electron chi connectivity index (χ0n) is 18.4. The molecule has 1 unspecified atom stereocenters. The topological polar surface area (TPSA) is 63.4 Å². The maximum absolute atomic E-state index is 14.7. The molecule has 182 valence electrons. The Kier molecular flexibility index (Phi) is 5.62. The minimum Gasteiger partial charge on any atom is -0.503 e. The Balaban J connectivity index is 1.56. The van der Waals surface area contributed by atoms with Crippen molar-refractivity contribution in [1.29, 1.82) is 0 Å². The van der Waals surface area contributed by atoms with Crippen LogP contribution in [0.1, 0.15) is 31.2 Å². The van der Waals surface area contributed by atoms with Gasteiger partial charge in [-0.25, -0.2) is 13.8 Å². The second kappa shape index (κ2) is 8.37. The van der Waals surface area contributed by atoms with Gasteiger partial charge < -0.3 is 14.7 Å². The molecule has 1 aliphatic heterocycles. The van der Waals surface area contributed by atoms with E-state index in [1.165, 1.54) is 30.1 Å². The summed E-state index contributed by atoms with van der Waals surface area (Å²) in [5.74, 6) is -3.92. The number of fused-ring (bicyclic) bond motifs is 1. The van der Waals surface area contributed by atoms with Gasteiger partial charge in [0.1, 0.15) is 11.5 Å². The third-order valence-electron chi connectivity index (χ3n) is 6.81. The Morgan fingerprint density at radius 3 is 2.62 bits per heavy atom. The van der Waals surface area contributed by atoms with E-state index in [2.05, 4.69) is 15.0 Å². The number of pyridine rings is 1. The summed E-state index contributed by atoms with van der Waals surface area (Å²) < 4.78 is 75.5. The number of nitrogens with zero attached hydrogens (tertiary/aromatic N) is 4. The average Bonchev–Trinajstić information content (AvgIpc) is 3.10. The van der Waals surface area contributed by atoms with Crippen LogP contribution in [0.2, 0.25) is 0 Å². The van der Waals surface area contributed by atoms with Gasteiger partial charge in [-0.3, -0.25) is 4.68 Å². The first kappa shape index (κ1) is 22.8. The van der Waals surface area contributed by atoms with E-state index in [0.29, 0.717) is 43.1 Å². The van der Waals surface area contributed by atoms with E-state index in [1.807, 2.05) is 0 Å². The van der Waals surface area contributed by atoms with Crippen LogP contribution in [-0.4, -0.2) is 45.7 Å². The van der Waals surface area contributed by atoms with Gasteiger partial charge in [-0.05, 0) is 18.4 Å².